The second kappa shape index (κ2) is 4.86. The van der Waals surface area contributed by atoms with E-state index in [2.05, 4.69) is 25.7 Å². The third-order valence-corrected chi connectivity index (χ3v) is 6.34. The smallest absolute Gasteiger partial charge is 0.152 e. The molecule has 0 bridgehead atoms. The van der Waals surface area contributed by atoms with Crippen molar-refractivity contribution in [2.75, 3.05) is 25.1 Å². The van der Waals surface area contributed by atoms with E-state index in [1.807, 2.05) is 7.05 Å². The normalized spacial score (nSPS) is 29.5. The van der Waals surface area contributed by atoms with Gasteiger partial charge in [-0.3, -0.25) is 4.90 Å². The van der Waals surface area contributed by atoms with Crippen molar-refractivity contribution in [1.29, 1.82) is 0 Å². The molecule has 0 spiro atoms. The Morgan fingerprint density at radius 3 is 2.41 bits per heavy atom. The number of nitrogens with two attached hydrogens (primary N) is 1. The van der Waals surface area contributed by atoms with Crippen LogP contribution < -0.4 is 5.73 Å². The molecular weight excluding hydrogens is 236 g/mol. The van der Waals surface area contributed by atoms with E-state index in [0.717, 1.165) is 19.3 Å². The molecule has 5 heteroatoms. The van der Waals surface area contributed by atoms with E-state index in [9.17, 15) is 8.42 Å². The molecule has 2 N–H and O–H groups in total. The summed E-state index contributed by atoms with van der Waals surface area (Å²) < 4.78 is 23.7. The van der Waals surface area contributed by atoms with Gasteiger partial charge in [-0.15, -0.1) is 0 Å². The fourth-order valence-corrected chi connectivity index (χ4v) is 4.62. The van der Waals surface area contributed by atoms with Gasteiger partial charge in [-0.25, -0.2) is 8.42 Å². The number of hydrogen-bond donors (Lipinski definition) is 1. The molecule has 1 atom stereocenters. The van der Waals surface area contributed by atoms with Crippen LogP contribution in [-0.4, -0.2) is 49.5 Å². The van der Waals surface area contributed by atoms with Crippen LogP contribution in [0.5, 0.6) is 0 Å². The van der Waals surface area contributed by atoms with Crippen molar-refractivity contribution in [2.24, 2.45) is 5.73 Å². The lowest BCUT2D eigenvalue weighted by atomic mass is 9.87. The Morgan fingerprint density at radius 1 is 1.41 bits per heavy atom. The Labute approximate surface area is 105 Å². The molecule has 1 heterocycles. The van der Waals surface area contributed by atoms with Gasteiger partial charge in [-0.05, 0) is 40.2 Å². The summed E-state index contributed by atoms with van der Waals surface area (Å²) in [5.74, 6) is 0.519. The maximum absolute atomic E-state index is 11.9. The molecule has 1 aliphatic rings. The van der Waals surface area contributed by atoms with Gasteiger partial charge in [0.25, 0.3) is 0 Å². The van der Waals surface area contributed by atoms with E-state index in [0.29, 0.717) is 12.3 Å². The minimum Gasteiger partial charge on any atom is -0.329 e. The van der Waals surface area contributed by atoms with Crippen LogP contribution in [0.2, 0.25) is 0 Å². The summed E-state index contributed by atoms with van der Waals surface area (Å²) >= 11 is 0. The average Bonchev–Trinajstić information content (AvgIpc) is 2.26. The third-order valence-electron chi connectivity index (χ3n) is 4.45. The maximum Gasteiger partial charge on any atom is 0.152 e. The number of rotatable bonds is 4. The quantitative estimate of drug-likeness (QED) is 0.821. The molecule has 0 aromatic carbocycles. The van der Waals surface area contributed by atoms with Crippen molar-refractivity contribution in [3.05, 3.63) is 0 Å². The van der Waals surface area contributed by atoms with Crippen molar-refractivity contribution < 1.29 is 8.42 Å². The zero-order valence-corrected chi connectivity index (χ0v) is 12.3. The summed E-state index contributed by atoms with van der Waals surface area (Å²) in [7, 11) is -0.927. The lowest BCUT2D eigenvalue weighted by Crippen LogP contribution is -2.64. The van der Waals surface area contributed by atoms with Crippen LogP contribution in [0.4, 0.5) is 0 Å². The number of hydrogen-bond acceptors (Lipinski definition) is 4. The first kappa shape index (κ1) is 14.9. The molecule has 1 fully saturated rings. The molecule has 1 aliphatic heterocycles. The summed E-state index contributed by atoms with van der Waals surface area (Å²) in [6.45, 7) is 6.82. The molecule has 0 aromatic rings. The lowest BCUT2D eigenvalue weighted by Gasteiger charge is -2.50. The largest absolute Gasteiger partial charge is 0.329 e. The van der Waals surface area contributed by atoms with E-state index in [1.165, 1.54) is 0 Å². The Kier molecular flexibility index (Phi) is 4.27. The van der Waals surface area contributed by atoms with E-state index >= 15 is 0 Å². The van der Waals surface area contributed by atoms with Crippen molar-refractivity contribution in [3.8, 4) is 0 Å². The van der Waals surface area contributed by atoms with E-state index in [1.54, 1.807) is 0 Å². The van der Waals surface area contributed by atoms with Gasteiger partial charge in [-0.2, -0.15) is 0 Å². The molecule has 0 aliphatic carbocycles. The van der Waals surface area contributed by atoms with Crippen molar-refractivity contribution in [1.82, 2.24) is 4.90 Å². The lowest BCUT2D eigenvalue weighted by molar-refractivity contribution is 0.0293. The van der Waals surface area contributed by atoms with E-state index in [4.69, 9.17) is 5.73 Å². The average molecular weight is 262 g/mol. The Hall–Kier alpha value is -0.130. The van der Waals surface area contributed by atoms with Gasteiger partial charge in [0.2, 0.25) is 0 Å². The van der Waals surface area contributed by atoms with Crippen LogP contribution in [-0.2, 0) is 9.84 Å². The predicted molar refractivity (Wildman–Crippen MR) is 71.8 cm³/mol. The first-order valence-corrected chi connectivity index (χ1v) is 8.16. The molecule has 0 amide bonds. The fraction of sp³-hybridized carbons (Fsp3) is 1.00. The Balaban J connectivity index is 3.04. The first-order valence-electron chi connectivity index (χ1n) is 6.33. The standard InChI is InChI=1S/C12H26N2O2S/c1-5-11(2,3)14(4)12(9-13)7-6-8-17(15,16)10-12/h5-10,13H2,1-4H3. The third kappa shape index (κ3) is 3.01. The zero-order chi connectivity index (χ0) is 13.3. The molecule has 0 radical (unpaired) electrons. The fourth-order valence-electron chi connectivity index (χ4n) is 2.62. The van der Waals surface area contributed by atoms with Gasteiger partial charge < -0.3 is 5.73 Å². The van der Waals surface area contributed by atoms with Gasteiger partial charge in [0.1, 0.15) is 0 Å². The number of nitrogens with zero attached hydrogens (tertiary/aromatic N) is 1. The van der Waals surface area contributed by atoms with Crippen molar-refractivity contribution in [2.45, 2.75) is 51.1 Å². The molecular formula is C12H26N2O2S. The van der Waals surface area contributed by atoms with Gasteiger partial charge in [-0.1, -0.05) is 6.92 Å². The summed E-state index contributed by atoms with van der Waals surface area (Å²) in [6, 6.07) is 0. The summed E-state index contributed by atoms with van der Waals surface area (Å²) in [5.41, 5.74) is 5.51. The zero-order valence-electron chi connectivity index (χ0n) is 11.5. The highest BCUT2D eigenvalue weighted by Crippen LogP contribution is 2.33. The van der Waals surface area contributed by atoms with Crippen LogP contribution in [0, 0.1) is 0 Å². The highest BCUT2D eigenvalue weighted by Gasteiger charge is 2.45. The van der Waals surface area contributed by atoms with Gasteiger partial charge in [0.15, 0.2) is 9.84 Å². The SMILES string of the molecule is CCC(C)(C)N(C)C1(CN)CCCS(=O)(=O)C1. The summed E-state index contributed by atoms with van der Waals surface area (Å²) in [4.78, 5) is 2.19. The first-order chi connectivity index (χ1) is 7.69. The molecule has 0 aromatic heterocycles. The van der Waals surface area contributed by atoms with Crippen LogP contribution in [0.25, 0.3) is 0 Å². The monoisotopic (exact) mass is 262 g/mol. The second-order valence-electron chi connectivity index (χ2n) is 5.85. The summed E-state index contributed by atoms with van der Waals surface area (Å²) in [6.07, 6.45) is 2.58. The molecule has 0 saturated carbocycles. The molecule has 102 valence electrons. The van der Waals surface area contributed by atoms with E-state index < -0.39 is 9.84 Å². The number of sulfone groups is 1. The van der Waals surface area contributed by atoms with Crippen LogP contribution in [0.15, 0.2) is 0 Å². The molecule has 17 heavy (non-hydrogen) atoms. The van der Waals surface area contributed by atoms with Crippen LogP contribution in [0.3, 0.4) is 0 Å². The second-order valence-corrected chi connectivity index (χ2v) is 8.03. The van der Waals surface area contributed by atoms with Gasteiger partial charge >= 0.3 is 0 Å². The Bertz CT molecular complexity index is 365. The van der Waals surface area contributed by atoms with Crippen LogP contribution in [0.1, 0.15) is 40.0 Å². The highest BCUT2D eigenvalue weighted by molar-refractivity contribution is 7.91. The van der Waals surface area contributed by atoms with Crippen LogP contribution >= 0.6 is 0 Å². The van der Waals surface area contributed by atoms with Gasteiger partial charge in [0, 0.05) is 17.6 Å². The topological polar surface area (TPSA) is 63.4 Å². The molecule has 1 saturated heterocycles. The molecule has 1 unspecified atom stereocenters. The Morgan fingerprint density at radius 2 is 2.00 bits per heavy atom. The predicted octanol–water partition coefficient (Wildman–Crippen LogP) is 1.01. The summed E-state index contributed by atoms with van der Waals surface area (Å²) in [5, 5.41) is 0. The highest BCUT2D eigenvalue weighted by atomic mass is 32.2. The number of likely N-dealkylation sites (N-methyl/N-ethyl adjacent to an activating group) is 1. The van der Waals surface area contributed by atoms with E-state index in [-0.39, 0.29) is 16.8 Å². The minimum atomic E-state index is -2.94. The minimum absolute atomic E-state index is 0.0216. The van der Waals surface area contributed by atoms with Gasteiger partial charge in [0.05, 0.1) is 11.5 Å². The maximum atomic E-state index is 11.9. The molecule has 4 nitrogen and oxygen atoms in total. The molecule has 1 rings (SSSR count). The van der Waals surface area contributed by atoms with Crippen molar-refractivity contribution >= 4 is 9.84 Å². The van der Waals surface area contributed by atoms with Crippen molar-refractivity contribution in [3.63, 3.8) is 0 Å².